The number of carbonyl (C=O) groups excluding carboxylic acids is 1. The van der Waals surface area contributed by atoms with Crippen molar-refractivity contribution in [1.29, 1.82) is 0 Å². The Morgan fingerprint density at radius 2 is 2.00 bits per heavy atom. The molecule has 2 aromatic carbocycles. The summed E-state index contributed by atoms with van der Waals surface area (Å²) in [5.41, 5.74) is 9.39. The number of rotatable bonds is 3. The lowest BCUT2D eigenvalue weighted by molar-refractivity contribution is 0.144. The third-order valence-electron chi connectivity index (χ3n) is 4.31. The fourth-order valence-electron chi connectivity index (χ4n) is 2.97. The van der Waals surface area contributed by atoms with E-state index in [4.69, 9.17) is 10.5 Å². The number of amides is 1. The van der Waals surface area contributed by atoms with Crippen LogP contribution >= 0.6 is 12.4 Å². The number of anilines is 1. The van der Waals surface area contributed by atoms with Crippen molar-refractivity contribution < 1.29 is 14.6 Å². The van der Waals surface area contributed by atoms with E-state index < -0.39 is 12.2 Å². The second kappa shape index (κ2) is 8.85. The molecule has 1 amide bonds. The number of ether oxygens (including phenoxy) is 1. The SMILES string of the molecule is Cl.NC1CCCc2ccc(NC(=O)OCc3ccccc3)cc2C1O. The molecule has 2 unspecified atom stereocenters. The molecule has 1 aliphatic carbocycles. The van der Waals surface area contributed by atoms with Crippen LogP contribution in [0.15, 0.2) is 48.5 Å². The van der Waals surface area contributed by atoms with Gasteiger partial charge in [-0.2, -0.15) is 0 Å². The van der Waals surface area contributed by atoms with Crippen molar-refractivity contribution in [2.24, 2.45) is 5.73 Å². The van der Waals surface area contributed by atoms with Gasteiger partial charge in [-0.15, -0.1) is 12.4 Å². The standard InChI is InChI=1S/C19H22N2O3.ClH/c20-17-8-4-7-14-9-10-15(11-16(14)18(17)22)21-19(23)24-12-13-5-2-1-3-6-13;/h1-3,5-6,9-11,17-18,22H,4,7-8,12,20H2,(H,21,23);1H. The number of benzene rings is 2. The maximum absolute atomic E-state index is 11.9. The van der Waals surface area contributed by atoms with Crippen molar-refractivity contribution in [3.05, 3.63) is 65.2 Å². The topological polar surface area (TPSA) is 84.6 Å². The van der Waals surface area contributed by atoms with Crippen molar-refractivity contribution >= 4 is 24.2 Å². The average Bonchev–Trinajstić information content (AvgIpc) is 2.74. The summed E-state index contributed by atoms with van der Waals surface area (Å²) in [6.07, 6.45) is 1.41. The van der Waals surface area contributed by atoms with E-state index >= 15 is 0 Å². The van der Waals surface area contributed by atoms with Gasteiger partial charge < -0.3 is 15.6 Å². The zero-order valence-electron chi connectivity index (χ0n) is 13.9. The van der Waals surface area contributed by atoms with Gasteiger partial charge >= 0.3 is 6.09 Å². The number of aliphatic hydroxyl groups is 1. The van der Waals surface area contributed by atoms with Crippen LogP contribution in [0.5, 0.6) is 0 Å². The van der Waals surface area contributed by atoms with Crippen molar-refractivity contribution in [1.82, 2.24) is 0 Å². The second-order valence-corrected chi connectivity index (χ2v) is 6.10. The van der Waals surface area contributed by atoms with E-state index in [-0.39, 0.29) is 25.1 Å². The molecule has 0 saturated carbocycles. The second-order valence-electron chi connectivity index (χ2n) is 6.10. The zero-order chi connectivity index (χ0) is 16.9. The van der Waals surface area contributed by atoms with E-state index in [0.29, 0.717) is 5.69 Å². The molecule has 0 spiro atoms. The average molecular weight is 363 g/mol. The highest BCUT2D eigenvalue weighted by Gasteiger charge is 2.23. The first-order valence-corrected chi connectivity index (χ1v) is 8.17. The Kier molecular flexibility index (Phi) is 6.82. The maximum atomic E-state index is 11.9. The smallest absolute Gasteiger partial charge is 0.411 e. The van der Waals surface area contributed by atoms with Crippen LogP contribution in [0.3, 0.4) is 0 Å². The number of halogens is 1. The fourth-order valence-corrected chi connectivity index (χ4v) is 2.97. The molecule has 0 heterocycles. The number of nitrogens with two attached hydrogens (primary N) is 1. The molecule has 2 atom stereocenters. The Bertz CT molecular complexity index is 709. The molecule has 0 fully saturated rings. The molecular weight excluding hydrogens is 340 g/mol. The molecule has 0 radical (unpaired) electrons. The summed E-state index contributed by atoms with van der Waals surface area (Å²) in [7, 11) is 0. The van der Waals surface area contributed by atoms with Gasteiger partial charge in [0, 0.05) is 11.7 Å². The molecule has 1 aliphatic rings. The normalized spacial score (nSPS) is 19.1. The van der Waals surface area contributed by atoms with E-state index in [2.05, 4.69) is 5.32 Å². The number of aliphatic hydroxyl groups excluding tert-OH is 1. The number of carbonyl (C=O) groups is 1. The minimum Gasteiger partial charge on any atom is -0.444 e. The summed E-state index contributed by atoms with van der Waals surface area (Å²) >= 11 is 0. The van der Waals surface area contributed by atoms with Gasteiger partial charge in [-0.25, -0.2) is 4.79 Å². The van der Waals surface area contributed by atoms with Crippen LogP contribution in [0.2, 0.25) is 0 Å². The summed E-state index contributed by atoms with van der Waals surface area (Å²) in [6.45, 7) is 0.213. The maximum Gasteiger partial charge on any atom is 0.411 e. The number of hydrogen-bond donors (Lipinski definition) is 3. The summed E-state index contributed by atoms with van der Waals surface area (Å²) in [4.78, 5) is 11.9. The number of aryl methyl sites for hydroxylation is 1. The van der Waals surface area contributed by atoms with Gasteiger partial charge in [0.25, 0.3) is 0 Å². The molecule has 6 heteroatoms. The Balaban J connectivity index is 0.00000225. The van der Waals surface area contributed by atoms with Crippen molar-refractivity contribution in [3.8, 4) is 0 Å². The van der Waals surface area contributed by atoms with Crippen molar-refractivity contribution in [2.75, 3.05) is 5.32 Å². The molecule has 0 saturated heterocycles. The van der Waals surface area contributed by atoms with Crippen LogP contribution in [0.4, 0.5) is 10.5 Å². The Morgan fingerprint density at radius 1 is 1.24 bits per heavy atom. The molecule has 25 heavy (non-hydrogen) atoms. The summed E-state index contributed by atoms with van der Waals surface area (Å²) in [5.74, 6) is 0. The highest BCUT2D eigenvalue weighted by atomic mass is 35.5. The number of fused-ring (bicyclic) bond motifs is 1. The van der Waals surface area contributed by atoms with Gasteiger partial charge in [-0.05, 0) is 48.1 Å². The van der Waals surface area contributed by atoms with Crippen LogP contribution in [0.1, 0.15) is 35.6 Å². The van der Waals surface area contributed by atoms with Crippen molar-refractivity contribution in [3.63, 3.8) is 0 Å². The third kappa shape index (κ3) is 4.95. The predicted octanol–water partition coefficient (Wildman–Crippen LogP) is 3.55. The van der Waals surface area contributed by atoms with Gasteiger partial charge in [0.15, 0.2) is 0 Å². The van der Waals surface area contributed by atoms with Gasteiger partial charge in [-0.3, -0.25) is 5.32 Å². The highest BCUT2D eigenvalue weighted by Crippen LogP contribution is 2.30. The molecule has 2 aromatic rings. The van der Waals surface area contributed by atoms with E-state index in [9.17, 15) is 9.90 Å². The van der Waals surface area contributed by atoms with Crippen LogP contribution < -0.4 is 11.1 Å². The van der Waals surface area contributed by atoms with E-state index in [1.165, 1.54) is 0 Å². The fraction of sp³-hybridized carbons (Fsp3) is 0.316. The first kappa shape index (κ1) is 19.2. The zero-order valence-corrected chi connectivity index (χ0v) is 14.7. The predicted molar refractivity (Wildman–Crippen MR) is 99.8 cm³/mol. The molecule has 134 valence electrons. The number of nitrogens with one attached hydrogen (secondary N) is 1. The molecule has 0 aromatic heterocycles. The Labute approximate surface area is 153 Å². The van der Waals surface area contributed by atoms with Gasteiger partial charge in [0.05, 0.1) is 6.10 Å². The Morgan fingerprint density at radius 3 is 2.76 bits per heavy atom. The molecule has 0 bridgehead atoms. The quantitative estimate of drug-likeness (QED) is 0.729. The minimum absolute atomic E-state index is 0. The molecular formula is C19H23ClN2O3. The minimum atomic E-state index is -0.704. The van der Waals surface area contributed by atoms with Crippen molar-refractivity contribution in [2.45, 2.75) is 38.0 Å². The van der Waals surface area contributed by atoms with Crippen LogP contribution in [0, 0.1) is 0 Å². The first-order chi connectivity index (χ1) is 11.6. The molecule has 4 N–H and O–H groups in total. The lowest BCUT2D eigenvalue weighted by atomic mass is 9.98. The summed E-state index contributed by atoms with van der Waals surface area (Å²) in [6, 6.07) is 14.8. The van der Waals surface area contributed by atoms with E-state index in [0.717, 1.165) is 36.0 Å². The molecule has 3 rings (SSSR count). The number of hydrogen-bond acceptors (Lipinski definition) is 4. The highest BCUT2D eigenvalue weighted by molar-refractivity contribution is 5.85. The third-order valence-corrected chi connectivity index (χ3v) is 4.31. The van der Waals surface area contributed by atoms with Crippen LogP contribution in [-0.4, -0.2) is 17.2 Å². The monoisotopic (exact) mass is 362 g/mol. The van der Waals surface area contributed by atoms with Crippen LogP contribution in [0.25, 0.3) is 0 Å². The summed E-state index contributed by atoms with van der Waals surface area (Å²) in [5, 5.41) is 13.1. The van der Waals surface area contributed by atoms with E-state index in [1.807, 2.05) is 42.5 Å². The Hall–Kier alpha value is -2.08. The largest absolute Gasteiger partial charge is 0.444 e. The van der Waals surface area contributed by atoms with Gasteiger partial charge in [0.1, 0.15) is 6.61 Å². The van der Waals surface area contributed by atoms with Crippen LogP contribution in [-0.2, 0) is 17.8 Å². The molecule has 5 nitrogen and oxygen atoms in total. The van der Waals surface area contributed by atoms with E-state index in [1.54, 1.807) is 6.07 Å². The molecule has 0 aliphatic heterocycles. The first-order valence-electron chi connectivity index (χ1n) is 8.17. The van der Waals surface area contributed by atoms with Gasteiger partial charge in [-0.1, -0.05) is 36.4 Å². The summed E-state index contributed by atoms with van der Waals surface area (Å²) < 4.78 is 5.21. The lowest BCUT2D eigenvalue weighted by Gasteiger charge is -2.18. The van der Waals surface area contributed by atoms with Gasteiger partial charge in [0.2, 0.25) is 0 Å². The lowest BCUT2D eigenvalue weighted by Crippen LogP contribution is -2.27.